The molecule has 148 valence electrons. The second-order valence-corrected chi connectivity index (χ2v) is 7.58. The Bertz CT molecular complexity index is 668. The Morgan fingerprint density at radius 3 is 2.33 bits per heavy atom. The maximum absolute atomic E-state index is 13.8. The minimum atomic E-state index is -0.263. The molecular weight excluding hydrogens is 347 g/mol. The highest BCUT2D eigenvalue weighted by Gasteiger charge is 2.32. The maximum atomic E-state index is 13.8. The van der Waals surface area contributed by atoms with Crippen molar-refractivity contribution in [3.63, 3.8) is 0 Å². The zero-order chi connectivity index (χ0) is 19.4. The van der Waals surface area contributed by atoms with Gasteiger partial charge in [0.25, 0.3) is 0 Å². The molecule has 6 nitrogen and oxygen atoms in total. The van der Waals surface area contributed by atoms with Gasteiger partial charge in [0.15, 0.2) is 0 Å². The van der Waals surface area contributed by atoms with Crippen molar-refractivity contribution in [2.75, 3.05) is 39.3 Å². The van der Waals surface area contributed by atoms with Crippen LogP contribution in [-0.4, -0.2) is 71.8 Å². The van der Waals surface area contributed by atoms with Crippen molar-refractivity contribution in [2.24, 2.45) is 11.7 Å². The fourth-order valence-electron chi connectivity index (χ4n) is 3.98. The van der Waals surface area contributed by atoms with Crippen molar-refractivity contribution in [1.82, 2.24) is 14.7 Å². The third kappa shape index (κ3) is 4.84. The molecule has 2 saturated heterocycles. The lowest BCUT2D eigenvalue weighted by atomic mass is 9.96. The van der Waals surface area contributed by atoms with Crippen LogP contribution in [0.3, 0.4) is 0 Å². The van der Waals surface area contributed by atoms with Crippen LogP contribution in [0.4, 0.5) is 4.39 Å². The summed E-state index contributed by atoms with van der Waals surface area (Å²) < 4.78 is 13.8. The van der Waals surface area contributed by atoms with Gasteiger partial charge in [-0.15, -0.1) is 0 Å². The van der Waals surface area contributed by atoms with Crippen molar-refractivity contribution in [2.45, 2.75) is 32.4 Å². The number of rotatable bonds is 5. The van der Waals surface area contributed by atoms with Gasteiger partial charge in [0.1, 0.15) is 5.82 Å². The molecule has 0 aromatic heterocycles. The number of carbonyl (C=O) groups excluding carboxylic acids is 2. The maximum Gasteiger partial charge on any atom is 0.239 e. The van der Waals surface area contributed by atoms with E-state index in [2.05, 4.69) is 9.80 Å². The van der Waals surface area contributed by atoms with Gasteiger partial charge in [-0.3, -0.25) is 19.4 Å². The van der Waals surface area contributed by atoms with Crippen LogP contribution >= 0.6 is 0 Å². The third-order valence-electron chi connectivity index (χ3n) is 5.87. The molecule has 0 spiro atoms. The number of nitrogens with two attached hydrogens (primary N) is 1. The van der Waals surface area contributed by atoms with Crippen LogP contribution in [0.15, 0.2) is 24.3 Å². The highest BCUT2D eigenvalue weighted by Crippen LogP contribution is 2.19. The normalized spacial score (nSPS) is 21.2. The summed E-state index contributed by atoms with van der Waals surface area (Å²) in [6, 6.07) is 6.70. The molecule has 2 amide bonds. The molecular formula is C20H29FN4O2. The molecule has 0 radical (unpaired) electrons. The van der Waals surface area contributed by atoms with Gasteiger partial charge >= 0.3 is 0 Å². The number of piperazine rings is 1. The molecule has 2 fully saturated rings. The van der Waals surface area contributed by atoms with Crippen molar-refractivity contribution in [1.29, 1.82) is 0 Å². The minimum absolute atomic E-state index is 0.105. The zero-order valence-corrected chi connectivity index (χ0v) is 15.9. The molecule has 1 aromatic rings. The number of nitrogens with zero attached hydrogens (tertiary/aromatic N) is 3. The van der Waals surface area contributed by atoms with Crippen LogP contribution < -0.4 is 5.73 Å². The van der Waals surface area contributed by atoms with E-state index in [1.165, 1.54) is 6.07 Å². The molecule has 7 heteroatoms. The number of hydrogen-bond donors (Lipinski definition) is 1. The first kappa shape index (κ1) is 19.8. The largest absolute Gasteiger partial charge is 0.369 e. The van der Waals surface area contributed by atoms with E-state index in [4.69, 9.17) is 5.73 Å². The van der Waals surface area contributed by atoms with E-state index >= 15 is 0 Å². The Kier molecular flexibility index (Phi) is 6.44. The average molecular weight is 376 g/mol. The van der Waals surface area contributed by atoms with Gasteiger partial charge in [-0.2, -0.15) is 0 Å². The number of halogens is 1. The Morgan fingerprint density at radius 1 is 1.11 bits per heavy atom. The number of amides is 2. The summed E-state index contributed by atoms with van der Waals surface area (Å²) in [5.41, 5.74) is 6.08. The minimum Gasteiger partial charge on any atom is -0.369 e. The average Bonchev–Trinajstić information content (AvgIpc) is 2.69. The van der Waals surface area contributed by atoms with Crippen molar-refractivity contribution >= 4 is 11.8 Å². The fourth-order valence-corrected chi connectivity index (χ4v) is 3.98. The van der Waals surface area contributed by atoms with E-state index in [1.807, 2.05) is 24.0 Å². The topological polar surface area (TPSA) is 69.9 Å². The SMILES string of the molecule is C[C@H](C(=O)N1CCC(C(N)=O)CC1)N1CCN(Cc2ccccc2F)CC1. The molecule has 1 aromatic carbocycles. The predicted octanol–water partition coefficient (Wildman–Crippen LogP) is 1.06. The molecule has 0 unspecified atom stereocenters. The Morgan fingerprint density at radius 2 is 1.74 bits per heavy atom. The molecule has 0 aliphatic carbocycles. The highest BCUT2D eigenvalue weighted by atomic mass is 19.1. The number of primary amides is 1. The van der Waals surface area contributed by atoms with Crippen LogP contribution in [0.25, 0.3) is 0 Å². The van der Waals surface area contributed by atoms with Crippen LogP contribution in [0.1, 0.15) is 25.3 Å². The van der Waals surface area contributed by atoms with Gasteiger partial charge < -0.3 is 10.6 Å². The van der Waals surface area contributed by atoms with Crippen molar-refractivity contribution in [3.05, 3.63) is 35.6 Å². The van der Waals surface area contributed by atoms with E-state index in [1.54, 1.807) is 6.07 Å². The monoisotopic (exact) mass is 376 g/mol. The van der Waals surface area contributed by atoms with Crippen molar-refractivity contribution < 1.29 is 14.0 Å². The van der Waals surface area contributed by atoms with Crippen LogP contribution in [0.5, 0.6) is 0 Å². The van der Waals surface area contributed by atoms with Gasteiger partial charge in [-0.05, 0) is 25.8 Å². The molecule has 2 aliphatic rings. The number of benzene rings is 1. The van der Waals surface area contributed by atoms with Gasteiger partial charge in [-0.25, -0.2) is 4.39 Å². The van der Waals surface area contributed by atoms with Gasteiger partial charge in [0.2, 0.25) is 11.8 Å². The van der Waals surface area contributed by atoms with Crippen molar-refractivity contribution in [3.8, 4) is 0 Å². The summed E-state index contributed by atoms with van der Waals surface area (Å²) in [5, 5.41) is 0. The molecule has 3 rings (SSSR count). The second-order valence-electron chi connectivity index (χ2n) is 7.58. The lowest BCUT2D eigenvalue weighted by Crippen LogP contribution is -2.55. The number of piperidine rings is 1. The van der Waals surface area contributed by atoms with Crippen LogP contribution in [0, 0.1) is 11.7 Å². The van der Waals surface area contributed by atoms with Gasteiger partial charge in [0, 0.05) is 57.3 Å². The standard InChI is InChI=1S/C20H29FN4O2/c1-15(20(27)25-8-6-16(7-9-25)19(22)26)24-12-10-23(11-13-24)14-17-4-2-3-5-18(17)21/h2-5,15-16H,6-14H2,1H3,(H2,22,26)/t15-/m1/s1. The zero-order valence-electron chi connectivity index (χ0n) is 15.9. The Labute approximate surface area is 160 Å². The summed E-state index contributed by atoms with van der Waals surface area (Å²) in [7, 11) is 0. The predicted molar refractivity (Wildman–Crippen MR) is 101 cm³/mol. The smallest absolute Gasteiger partial charge is 0.239 e. The van der Waals surface area contributed by atoms with Gasteiger partial charge in [0.05, 0.1) is 6.04 Å². The molecule has 0 saturated carbocycles. The Hall–Kier alpha value is -1.99. The summed E-state index contributed by atoms with van der Waals surface area (Å²) in [6.45, 7) is 6.97. The molecule has 27 heavy (non-hydrogen) atoms. The van der Waals surface area contributed by atoms with E-state index < -0.39 is 0 Å². The summed E-state index contributed by atoms with van der Waals surface area (Å²) >= 11 is 0. The quantitative estimate of drug-likeness (QED) is 0.834. The molecule has 2 heterocycles. The lowest BCUT2D eigenvalue weighted by molar-refractivity contribution is -0.140. The fraction of sp³-hybridized carbons (Fsp3) is 0.600. The first-order valence-corrected chi connectivity index (χ1v) is 9.73. The van der Waals surface area contributed by atoms with Gasteiger partial charge in [-0.1, -0.05) is 18.2 Å². The van der Waals surface area contributed by atoms with Crippen LogP contribution in [-0.2, 0) is 16.1 Å². The molecule has 2 N–H and O–H groups in total. The van der Waals surface area contributed by atoms with E-state index in [0.29, 0.717) is 38.0 Å². The molecule has 2 aliphatic heterocycles. The first-order chi connectivity index (χ1) is 13.0. The van der Waals surface area contributed by atoms with E-state index in [0.717, 1.165) is 26.2 Å². The lowest BCUT2D eigenvalue weighted by Gasteiger charge is -2.40. The third-order valence-corrected chi connectivity index (χ3v) is 5.87. The number of likely N-dealkylation sites (tertiary alicyclic amines) is 1. The van der Waals surface area contributed by atoms with E-state index in [9.17, 15) is 14.0 Å². The highest BCUT2D eigenvalue weighted by molar-refractivity contribution is 5.82. The summed E-state index contributed by atoms with van der Waals surface area (Å²) in [5.74, 6) is -0.407. The molecule has 0 bridgehead atoms. The second kappa shape index (κ2) is 8.80. The summed E-state index contributed by atoms with van der Waals surface area (Å²) in [4.78, 5) is 30.4. The summed E-state index contributed by atoms with van der Waals surface area (Å²) in [6.07, 6.45) is 1.31. The van der Waals surface area contributed by atoms with Crippen LogP contribution in [0.2, 0.25) is 0 Å². The number of carbonyl (C=O) groups is 2. The Balaban J connectivity index is 1.47. The number of hydrogen-bond acceptors (Lipinski definition) is 4. The first-order valence-electron chi connectivity index (χ1n) is 9.73. The van der Waals surface area contributed by atoms with E-state index in [-0.39, 0.29) is 29.6 Å². The molecule has 1 atom stereocenters.